The highest BCUT2D eigenvalue weighted by atomic mass is 16.7. The molecule has 6 saturated carbocycles. The summed E-state index contributed by atoms with van der Waals surface area (Å²) >= 11 is 0. The average molecular weight is 686 g/mol. The van der Waals surface area contributed by atoms with Crippen LogP contribution in [-0.2, 0) is 19.0 Å². The van der Waals surface area contributed by atoms with Crippen molar-refractivity contribution in [1.82, 2.24) is 4.90 Å². The third kappa shape index (κ3) is 4.84. The van der Waals surface area contributed by atoms with Crippen molar-refractivity contribution in [3.8, 4) is 0 Å². The highest BCUT2D eigenvalue weighted by Crippen LogP contribution is 2.89. The minimum absolute atomic E-state index is 0.00620. The molecule has 6 aliphatic carbocycles. The van der Waals surface area contributed by atoms with Gasteiger partial charge >= 0.3 is 0 Å². The summed E-state index contributed by atoms with van der Waals surface area (Å²) in [4.78, 5) is 15.4. The fourth-order valence-corrected chi connectivity index (χ4v) is 14.9. The van der Waals surface area contributed by atoms with E-state index in [1.165, 1.54) is 38.5 Å². The first kappa shape index (κ1) is 35.3. The molecule has 8 rings (SSSR count). The monoisotopic (exact) mass is 685 g/mol. The van der Waals surface area contributed by atoms with Crippen molar-refractivity contribution in [3.05, 3.63) is 0 Å². The van der Waals surface area contributed by atoms with Crippen molar-refractivity contribution in [2.24, 2.45) is 56.7 Å². The molecule has 0 aromatic carbocycles. The Bertz CT molecular complexity index is 1290. The molecular formula is C41H67NO7. The van der Waals surface area contributed by atoms with E-state index in [2.05, 4.69) is 34.6 Å². The molecule has 278 valence electrons. The van der Waals surface area contributed by atoms with E-state index in [0.717, 1.165) is 38.5 Å². The van der Waals surface area contributed by atoms with Crippen LogP contribution in [0.25, 0.3) is 0 Å². The standard InChI is InChI=1S/C41H67NO7/c1-24-21-26(33(43)37(4,5)46)48-32-31(24)38(6)17-18-41-23-40(41)16-15-29(36(2,3)27(40)13-14-28(41)39(38,7)34(32)44)49-30-22-42(19-20-47-30)35(45)25-11-9-8-10-12-25/h24-34,43-44,46H,8-23H2,1-7H3/t24-,26?,27+,28+,29+,30?,31?,32?,33+,34+,38-,39-,40-,41?/m1/s1. The second kappa shape index (κ2) is 11.6. The Balaban J connectivity index is 0.993. The molecule has 1 amide bonds. The smallest absolute Gasteiger partial charge is 0.225 e. The van der Waals surface area contributed by atoms with Gasteiger partial charge in [0.25, 0.3) is 0 Å². The van der Waals surface area contributed by atoms with Gasteiger partial charge in [0, 0.05) is 17.9 Å². The molecule has 14 atom stereocenters. The summed E-state index contributed by atoms with van der Waals surface area (Å²) in [5.74, 6) is 2.03. The number of amides is 1. The van der Waals surface area contributed by atoms with Gasteiger partial charge in [-0.3, -0.25) is 4.79 Å². The fourth-order valence-electron chi connectivity index (χ4n) is 14.9. The van der Waals surface area contributed by atoms with Crippen molar-refractivity contribution in [2.75, 3.05) is 19.7 Å². The molecule has 8 fully saturated rings. The van der Waals surface area contributed by atoms with Crippen LogP contribution in [0.1, 0.15) is 132 Å². The lowest BCUT2D eigenvalue weighted by molar-refractivity contribution is -0.248. The van der Waals surface area contributed by atoms with Crippen LogP contribution < -0.4 is 0 Å². The second-order valence-corrected chi connectivity index (χ2v) is 20.2. The number of carbonyl (C=O) groups excluding carboxylic acids is 1. The zero-order valence-electron chi connectivity index (χ0n) is 31.6. The third-order valence-corrected chi connectivity index (χ3v) is 17.5. The van der Waals surface area contributed by atoms with Crippen LogP contribution >= 0.6 is 0 Å². The van der Waals surface area contributed by atoms with Crippen LogP contribution in [0, 0.1) is 56.7 Å². The average Bonchev–Trinajstić information content (AvgIpc) is 3.70. The van der Waals surface area contributed by atoms with Gasteiger partial charge < -0.3 is 34.4 Å². The van der Waals surface area contributed by atoms with Gasteiger partial charge in [-0.15, -0.1) is 0 Å². The van der Waals surface area contributed by atoms with Crippen LogP contribution in [0.2, 0.25) is 0 Å². The molecule has 0 aromatic rings. The predicted molar refractivity (Wildman–Crippen MR) is 186 cm³/mol. The van der Waals surface area contributed by atoms with Crippen LogP contribution in [0.15, 0.2) is 0 Å². The topological polar surface area (TPSA) is 109 Å². The van der Waals surface area contributed by atoms with Crippen molar-refractivity contribution in [2.45, 2.75) is 174 Å². The zero-order chi connectivity index (χ0) is 34.9. The second-order valence-electron chi connectivity index (χ2n) is 20.2. The number of fused-ring (bicyclic) bond motifs is 4. The van der Waals surface area contributed by atoms with Crippen LogP contribution in [0.3, 0.4) is 0 Å². The first-order valence-electron chi connectivity index (χ1n) is 20.3. The van der Waals surface area contributed by atoms with E-state index in [4.69, 9.17) is 14.2 Å². The Kier molecular flexibility index (Phi) is 8.36. The van der Waals surface area contributed by atoms with E-state index < -0.39 is 23.9 Å². The van der Waals surface area contributed by atoms with E-state index in [-0.39, 0.29) is 52.0 Å². The molecule has 8 heteroatoms. The molecule has 0 radical (unpaired) electrons. The number of morpholine rings is 1. The number of ether oxygens (including phenoxy) is 3. The molecule has 2 heterocycles. The summed E-state index contributed by atoms with van der Waals surface area (Å²) in [6.45, 7) is 17.1. The van der Waals surface area contributed by atoms with Crippen LogP contribution in [0.5, 0.6) is 0 Å². The van der Waals surface area contributed by atoms with E-state index in [0.29, 0.717) is 55.2 Å². The Hall–Kier alpha value is -0.770. The maximum atomic E-state index is 13.4. The molecule has 2 spiro atoms. The Morgan fingerprint density at radius 2 is 1.65 bits per heavy atom. The largest absolute Gasteiger partial charge is 0.390 e. The first-order valence-corrected chi connectivity index (χ1v) is 20.3. The number of hydrogen-bond acceptors (Lipinski definition) is 7. The molecule has 0 aromatic heterocycles. The van der Waals surface area contributed by atoms with Crippen molar-refractivity contribution >= 4 is 5.91 Å². The molecule has 8 aliphatic rings. The van der Waals surface area contributed by atoms with Gasteiger partial charge in [-0.05, 0) is 123 Å². The van der Waals surface area contributed by atoms with Gasteiger partial charge in [0.1, 0.15) is 6.10 Å². The quantitative estimate of drug-likeness (QED) is 0.322. The lowest BCUT2D eigenvalue weighted by Crippen LogP contribution is -2.60. The van der Waals surface area contributed by atoms with Gasteiger partial charge in [0.2, 0.25) is 5.91 Å². The van der Waals surface area contributed by atoms with E-state index in [1.54, 1.807) is 13.8 Å². The molecule has 3 N–H and O–H groups in total. The lowest BCUT2D eigenvalue weighted by Gasteiger charge is -2.64. The molecular weight excluding hydrogens is 618 g/mol. The molecule has 49 heavy (non-hydrogen) atoms. The zero-order valence-corrected chi connectivity index (χ0v) is 31.6. The SMILES string of the molecule is C[C@@H]1CC([C@H](O)C(C)(C)O)OC2C1[C@@]1(C)CCC34C[C@@]35CC[C@H](OC3CN(C(=O)C6CCCCC6)CCO3)C(C)(C)[C@@H]5CC[C@H]4[C@]1(C)[C@H]2O. The molecule has 2 saturated heterocycles. The normalized spacial score (nSPS) is 51.5. The van der Waals surface area contributed by atoms with E-state index in [1.807, 2.05) is 4.90 Å². The number of carbonyl (C=O) groups is 1. The fraction of sp³-hybridized carbons (Fsp3) is 0.976. The minimum Gasteiger partial charge on any atom is -0.390 e. The highest BCUT2D eigenvalue weighted by molar-refractivity contribution is 5.79. The van der Waals surface area contributed by atoms with E-state index >= 15 is 0 Å². The number of hydrogen-bond donors (Lipinski definition) is 3. The summed E-state index contributed by atoms with van der Waals surface area (Å²) in [5, 5.41) is 34.2. The van der Waals surface area contributed by atoms with E-state index in [9.17, 15) is 20.1 Å². The summed E-state index contributed by atoms with van der Waals surface area (Å²) in [7, 11) is 0. The van der Waals surface area contributed by atoms with Crippen LogP contribution in [0.4, 0.5) is 0 Å². The van der Waals surface area contributed by atoms with Crippen molar-refractivity contribution < 1.29 is 34.3 Å². The Labute approximate surface area is 295 Å². The number of rotatable bonds is 5. The third-order valence-electron chi connectivity index (χ3n) is 17.5. The van der Waals surface area contributed by atoms with Gasteiger partial charge in [-0.25, -0.2) is 0 Å². The van der Waals surface area contributed by atoms with Crippen molar-refractivity contribution in [1.29, 1.82) is 0 Å². The summed E-state index contributed by atoms with van der Waals surface area (Å²) < 4.78 is 19.8. The number of nitrogens with zero attached hydrogens (tertiary/aromatic N) is 1. The number of aliphatic hydroxyl groups excluding tert-OH is 2. The minimum atomic E-state index is -1.26. The molecule has 5 unspecified atom stereocenters. The Morgan fingerprint density at radius 3 is 2.37 bits per heavy atom. The van der Waals surface area contributed by atoms with Gasteiger partial charge in [-0.2, -0.15) is 0 Å². The van der Waals surface area contributed by atoms with Gasteiger partial charge in [0.15, 0.2) is 6.29 Å². The summed E-state index contributed by atoms with van der Waals surface area (Å²) in [5.41, 5.74) is -1.02. The number of aliphatic hydroxyl groups is 3. The molecule has 8 nitrogen and oxygen atoms in total. The molecule has 0 bridgehead atoms. The predicted octanol–water partition coefficient (Wildman–Crippen LogP) is 6.08. The highest BCUT2D eigenvalue weighted by Gasteiger charge is 2.84. The first-order chi connectivity index (χ1) is 23.0. The van der Waals surface area contributed by atoms with Crippen molar-refractivity contribution in [3.63, 3.8) is 0 Å². The lowest BCUT2D eigenvalue weighted by atomic mass is 9.41. The summed E-state index contributed by atoms with van der Waals surface area (Å²) in [6, 6.07) is 0. The maximum absolute atomic E-state index is 13.4. The Morgan fingerprint density at radius 1 is 0.959 bits per heavy atom. The maximum Gasteiger partial charge on any atom is 0.225 e. The van der Waals surface area contributed by atoms with Crippen LogP contribution in [-0.4, -0.2) is 88.2 Å². The summed E-state index contributed by atoms with van der Waals surface area (Å²) in [6.07, 6.45) is 11.8. The van der Waals surface area contributed by atoms with Gasteiger partial charge in [-0.1, -0.05) is 53.9 Å². The molecule has 2 aliphatic heterocycles. The van der Waals surface area contributed by atoms with Gasteiger partial charge in [0.05, 0.1) is 43.2 Å².